The summed E-state index contributed by atoms with van der Waals surface area (Å²) < 4.78 is 10.1. The minimum atomic E-state index is -0.597. The van der Waals surface area contributed by atoms with Crippen LogP contribution in [-0.2, 0) is 20.8 Å². The van der Waals surface area contributed by atoms with Crippen molar-refractivity contribution in [1.82, 2.24) is 4.90 Å². The van der Waals surface area contributed by atoms with Gasteiger partial charge in [-0.1, -0.05) is 30.3 Å². The lowest BCUT2D eigenvalue weighted by molar-refractivity contribution is -0.142. The zero-order chi connectivity index (χ0) is 14.1. The molecule has 1 aromatic rings. The molecule has 0 aromatic heterocycles. The smallest absolute Gasteiger partial charge is 0.253 e. The fourth-order valence-corrected chi connectivity index (χ4v) is 1.77. The Morgan fingerprint density at radius 1 is 1.30 bits per heavy atom. The molecule has 5 nitrogen and oxygen atoms in total. The molecule has 0 spiro atoms. The number of nitrogens with zero attached hydrogens (tertiary/aromatic N) is 1. The highest BCUT2D eigenvalue weighted by molar-refractivity contribution is 5.85. The van der Waals surface area contributed by atoms with Crippen molar-refractivity contribution in [3.63, 3.8) is 0 Å². The molecule has 6 heteroatoms. The van der Waals surface area contributed by atoms with E-state index in [1.807, 2.05) is 30.3 Å². The van der Waals surface area contributed by atoms with E-state index in [4.69, 9.17) is 15.2 Å². The van der Waals surface area contributed by atoms with Crippen LogP contribution in [-0.4, -0.2) is 50.8 Å². The van der Waals surface area contributed by atoms with Crippen LogP contribution in [0.5, 0.6) is 0 Å². The molecule has 0 saturated carbocycles. The summed E-state index contributed by atoms with van der Waals surface area (Å²) in [5.74, 6) is -0.106. The minimum absolute atomic E-state index is 0. The molecule has 20 heavy (non-hydrogen) atoms. The lowest BCUT2D eigenvalue weighted by Crippen LogP contribution is -2.44. The maximum Gasteiger partial charge on any atom is 0.253 e. The monoisotopic (exact) mass is 302 g/mol. The normalized spacial score (nSPS) is 11.6. The first-order chi connectivity index (χ1) is 9.22. The van der Waals surface area contributed by atoms with Crippen LogP contribution >= 0.6 is 12.4 Å². The predicted molar refractivity (Wildman–Crippen MR) is 80.8 cm³/mol. The predicted octanol–water partition coefficient (Wildman–Crippen LogP) is 1.06. The van der Waals surface area contributed by atoms with E-state index >= 15 is 0 Å². The Morgan fingerprint density at radius 3 is 2.45 bits per heavy atom. The quantitative estimate of drug-likeness (QED) is 0.780. The summed E-state index contributed by atoms with van der Waals surface area (Å²) in [7, 11) is 3.11. The summed E-state index contributed by atoms with van der Waals surface area (Å²) >= 11 is 0. The van der Waals surface area contributed by atoms with Crippen LogP contribution in [0.1, 0.15) is 5.56 Å². The zero-order valence-corrected chi connectivity index (χ0v) is 12.8. The third-order valence-electron chi connectivity index (χ3n) is 2.87. The van der Waals surface area contributed by atoms with Gasteiger partial charge in [0.05, 0.1) is 6.61 Å². The van der Waals surface area contributed by atoms with Crippen LogP contribution in [0.3, 0.4) is 0 Å². The number of benzene rings is 1. The highest BCUT2D eigenvalue weighted by Gasteiger charge is 2.22. The maximum atomic E-state index is 12.3. The topological polar surface area (TPSA) is 64.8 Å². The lowest BCUT2D eigenvalue weighted by Gasteiger charge is -2.26. The first-order valence-corrected chi connectivity index (χ1v) is 6.27. The van der Waals surface area contributed by atoms with Crippen LogP contribution in [0.4, 0.5) is 0 Å². The summed E-state index contributed by atoms with van der Waals surface area (Å²) in [6.45, 7) is 1.71. The van der Waals surface area contributed by atoms with E-state index < -0.39 is 6.10 Å². The van der Waals surface area contributed by atoms with E-state index in [0.717, 1.165) is 5.56 Å². The average molecular weight is 303 g/mol. The Balaban J connectivity index is 0.00000361. The van der Waals surface area contributed by atoms with Crippen LogP contribution in [0, 0.1) is 0 Å². The van der Waals surface area contributed by atoms with E-state index in [2.05, 4.69) is 0 Å². The van der Waals surface area contributed by atoms with Gasteiger partial charge in [-0.05, 0) is 5.56 Å². The van der Waals surface area contributed by atoms with E-state index in [9.17, 15) is 4.79 Å². The van der Waals surface area contributed by atoms with Gasteiger partial charge in [-0.15, -0.1) is 12.4 Å². The highest BCUT2D eigenvalue weighted by atomic mass is 35.5. The van der Waals surface area contributed by atoms with Gasteiger partial charge in [0.2, 0.25) is 0 Å². The van der Waals surface area contributed by atoms with E-state index in [1.165, 1.54) is 7.11 Å². The number of ether oxygens (including phenoxy) is 2. The van der Waals surface area contributed by atoms with Gasteiger partial charge in [-0.25, -0.2) is 0 Å². The molecule has 0 fully saturated rings. The van der Waals surface area contributed by atoms with Crippen molar-refractivity contribution in [2.75, 3.05) is 33.9 Å². The summed E-state index contributed by atoms with van der Waals surface area (Å²) in [4.78, 5) is 14.0. The molecule has 0 aliphatic rings. The molecule has 0 saturated heterocycles. The molecule has 1 unspecified atom stereocenters. The summed E-state index contributed by atoms with van der Waals surface area (Å²) in [6.07, 6.45) is -0.597. The van der Waals surface area contributed by atoms with E-state index in [-0.39, 0.29) is 24.9 Å². The van der Waals surface area contributed by atoms with Gasteiger partial charge < -0.3 is 20.1 Å². The summed E-state index contributed by atoms with van der Waals surface area (Å²) in [6, 6.07) is 9.81. The second-order valence-electron chi connectivity index (χ2n) is 4.20. The molecule has 0 heterocycles. The maximum absolute atomic E-state index is 12.3. The van der Waals surface area contributed by atoms with Gasteiger partial charge in [-0.2, -0.15) is 0 Å². The number of rotatable bonds is 8. The molecule has 0 aliphatic heterocycles. The molecule has 0 radical (unpaired) electrons. The Hall–Kier alpha value is -1.14. The largest absolute Gasteiger partial charge is 0.383 e. The molecule has 1 atom stereocenters. The first-order valence-electron chi connectivity index (χ1n) is 6.27. The Kier molecular flexibility index (Phi) is 10.0. The fourth-order valence-electron chi connectivity index (χ4n) is 1.77. The third-order valence-corrected chi connectivity index (χ3v) is 2.87. The summed E-state index contributed by atoms with van der Waals surface area (Å²) in [5.41, 5.74) is 6.61. The molecule has 0 bridgehead atoms. The molecule has 1 rings (SSSR count). The van der Waals surface area contributed by atoms with Gasteiger partial charge in [0.1, 0.15) is 6.10 Å². The third kappa shape index (κ3) is 5.88. The van der Waals surface area contributed by atoms with E-state index in [0.29, 0.717) is 19.7 Å². The van der Waals surface area contributed by atoms with Gasteiger partial charge in [-0.3, -0.25) is 4.79 Å². The van der Waals surface area contributed by atoms with Crippen molar-refractivity contribution in [2.24, 2.45) is 5.73 Å². The van der Waals surface area contributed by atoms with Crippen LogP contribution in [0.25, 0.3) is 0 Å². The second-order valence-corrected chi connectivity index (χ2v) is 4.20. The first kappa shape index (κ1) is 18.9. The van der Waals surface area contributed by atoms with Crippen LogP contribution in [0.15, 0.2) is 30.3 Å². The van der Waals surface area contributed by atoms with Gasteiger partial charge >= 0.3 is 0 Å². The Bertz CT molecular complexity index is 372. The molecule has 1 aromatic carbocycles. The van der Waals surface area contributed by atoms with Crippen LogP contribution in [0.2, 0.25) is 0 Å². The second kappa shape index (κ2) is 10.6. The van der Waals surface area contributed by atoms with Gasteiger partial charge in [0, 0.05) is 33.9 Å². The molecular formula is C14H23ClN2O3. The van der Waals surface area contributed by atoms with Crippen molar-refractivity contribution in [3.05, 3.63) is 35.9 Å². The molecule has 114 valence electrons. The average Bonchev–Trinajstić information content (AvgIpc) is 2.45. The SMILES string of the molecule is COCCN(Cc1ccccc1)C(=O)C(CN)OC.Cl. The zero-order valence-electron chi connectivity index (χ0n) is 12.0. The van der Waals surface area contributed by atoms with Crippen molar-refractivity contribution in [3.8, 4) is 0 Å². The van der Waals surface area contributed by atoms with Crippen LogP contribution < -0.4 is 5.73 Å². The standard InChI is InChI=1S/C14H22N2O3.ClH/c1-18-9-8-16(14(17)13(10-15)19-2)11-12-6-4-3-5-7-12;/h3-7,13H,8-11,15H2,1-2H3;1H. The number of hydrogen-bond acceptors (Lipinski definition) is 4. The number of carbonyl (C=O) groups excluding carboxylic acids is 1. The number of amides is 1. The molecular weight excluding hydrogens is 280 g/mol. The number of carbonyl (C=O) groups is 1. The van der Waals surface area contributed by atoms with Crippen molar-refractivity contribution in [2.45, 2.75) is 12.6 Å². The highest BCUT2D eigenvalue weighted by Crippen LogP contribution is 2.07. The Morgan fingerprint density at radius 2 is 1.95 bits per heavy atom. The summed E-state index contributed by atoms with van der Waals surface area (Å²) in [5, 5.41) is 0. The van der Waals surface area contributed by atoms with Gasteiger partial charge in [0.25, 0.3) is 5.91 Å². The molecule has 2 N–H and O–H groups in total. The number of methoxy groups -OCH3 is 2. The van der Waals surface area contributed by atoms with Crippen molar-refractivity contribution >= 4 is 18.3 Å². The fraction of sp³-hybridized carbons (Fsp3) is 0.500. The number of halogens is 1. The minimum Gasteiger partial charge on any atom is -0.383 e. The van der Waals surface area contributed by atoms with Gasteiger partial charge in [0.15, 0.2) is 0 Å². The lowest BCUT2D eigenvalue weighted by atomic mass is 10.2. The molecule has 0 aliphatic carbocycles. The van der Waals surface area contributed by atoms with Crippen molar-refractivity contribution < 1.29 is 14.3 Å². The number of nitrogens with two attached hydrogens (primary N) is 1. The van der Waals surface area contributed by atoms with Crippen molar-refractivity contribution in [1.29, 1.82) is 0 Å². The Labute approximate surface area is 126 Å². The number of hydrogen-bond donors (Lipinski definition) is 1. The van der Waals surface area contributed by atoms with E-state index in [1.54, 1.807) is 12.0 Å². The molecule has 1 amide bonds.